The van der Waals surface area contributed by atoms with E-state index in [0.717, 1.165) is 0 Å². The minimum absolute atomic E-state index is 0.0165. The number of carbonyl (C=O) groups excluding carboxylic acids is 1. The maximum absolute atomic E-state index is 11.4. The Hall–Kier alpha value is -1.04. The van der Waals surface area contributed by atoms with Gasteiger partial charge in [-0.1, -0.05) is 0 Å². The van der Waals surface area contributed by atoms with Gasteiger partial charge in [-0.15, -0.1) is 0 Å². The van der Waals surface area contributed by atoms with Crippen LogP contribution in [0.1, 0.15) is 10.4 Å². The van der Waals surface area contributed by atoms with Crippen molar-refractivity contribution in [2.24, 2.45) is 0 Å². The van der Waals surface area contributed by atoms with Crippen LogP contribution < -0.4 is 5.32 Å². The summed E-state index contributed by atoms with van der Waals surface area (Å²) in [5, 5.41) is 19.8. The highest BCUT2D eigenvalue weighted by Crippen LogP contribution is 2.16. The highest BCUT2D eigenvalue weighted by molar-refractivity contribution is 6.32. The maximum atomic E-state index is 11.4. The SMILES string of the molecule is O=C(NC(CO)CO)c1ccoc1Cl. The number of carbonyl (C=O) groups is 1. The highest BCUT2D eigenvalue weighted by atomic mass is 35.5. The van der Waals surface area contributed by atoms with Gasteiger partial charge in [0, 0.05) is 0 Å². The summed E-state index contributed by atoms with van der Waals surface area (Å²) in [5.74, 6) is -0.489. The van der Waals surface area contributed by atoms with Crippen molar-refractivity contribution in [1.82, 2.24) is 5.32 Å². The van der Waals surface area contributed by atoms with E-state index in [4.69, 9.17) is 26.2 Å². The molecular formula is C8H10ClNO4. The Labute approximate surface area is 85.3 Å². The molecule has 0 aliphatic rings. The van der Waals surface area contributed by atoms with Crippen LogP contribution in [0.25, 0.3) is 0 Å². The van der Waals surface area contributed by atoms with Gasteiger partial charge in [0.05, 0.1) is 31.1 Å². The van der Waals surface area contributed by atoms with Gasteiger partial charge < -0.3 is 19.9 Å². The number of amides is 1. The minimum atomic E-state index is -0.687. The number of halogens is 1. The van der Waals surface area contributed by atoms with Crippen LogP contribution in [-0.2, 0) is 0 Å². The van der Waals surface area contributed by atoms with Gasteiger partial charge in [-0.05, 0) is 17.7 Å². The van der Waals surface area contributed by atoms with E-state index in [0.29, 0.717) is 0 Å². The van der Waals surface area contributed by atoms with Crippen LogP contribution in [-0.4, -0.2) is 35.4 Å². The van der Waals surface area contributed by atoms with Gasteiger partial charge in [-0.2, -0.15) is 0 Å². The van der Waals surface area contributed by atoms with Crippen LogP contribution in [0.15, 0.2) is 16.7 Å². The Kier molecular flexibility index (Phi) is 3.94. The lowest BCUT2D eigenvalue weighted by Gasteiger charge is -2.12. The van der Waals surface area contributed by atoms with E-state index in [-0.39, 0.29) is 24.0 Å². The third kappa shape index (κ3) is 2.47. The molecule has 0 saturated heterocycles. The predicted molar refractivity (Wildman–Crippen MR) is 49.1 cm³/mol. The second-order valence-electron chi connectivity index (χ2n) is 2.64. The minimum Gasteiger partial charge on any atom is -0.452 e. The molecule has 6 heteroatoms. The molecule has 0 fully saturated rings. The summed E-state index contributed by atoms with van der Waals surface area (Å²) in [6.07, 6.45) is 1.28. The standard InChI is InChI=1S/C8H10ClNO4/c9-7-6(1-2-14-7)8(13)10-5(3-11)4-12/h1-2,5,11-12H,3-4H2,(H,10,13). The second-order valence-corrected chi connectivity index (χ2v) is 2.99. The first-order valence-electron chi connectivity index (χ1n) is 3.94. The molecule has 0 unspecified atom stereocenters. The van der Waals surface area contributed by atoms with E-state index >= 15 is 0 Å². The van der Waals surface area contributed by atoms with Crippen molar-refractivity contribution >= 4 is 17.5 Å². The Morgan fingerprint density at radius 2 is 2.21 bits per heavy atom. The fourth-order valence-electron chi connectivity index (χ4n) is 0.868. The third-order valence-corrected chi connectivity index (χ3v) is 1.93. The summed E-state index contributed by atoms with van der Waals surface area (Å²) in [5.41, 5.74) is 0.179. The van der Waals surface area contributed by atoms with Crippen LogP contribution in [0, 0.1) is 0 Å². The molecule has 0 aromatic carbocycles. The Bertz CT molecular complexity index is 308. The molecule has 1 rings (SSSR count). The van der Waals surface area contributed by atoms with Gasteiger partial charge in [0.1, 0.15) is 0 Å². The number of hydrogen-bond acceptors (Lipinski definition) is 4. The zero-order valence-corrected chi connectivity index (χ0v) is 7.99. The molecule has 1 amide bonds. The van der Waals surface area contributed by atoms with Gasteiger partial charge in [0.15, 0.2) is 0 Å². The molecule has 0 aliphatic carbocycles. The molecule has 14 heavy (non-hydrogen) atoms. The summed E-state index contributed by atoms with van der Waals surface area (Å²) in [4.78, 5) is 11.4. The first-order chi connectivity index (χ1) is 6.69. The summed E-state index contributed by atoms with van der Waals surface area (Å²) >= 11 is 5.55. The zero-order valence-electron chi connectivity index (χ0n) is 7.24. The summed E-state index contributed by atoms with van der Waals surface area (Å²) in [7, 11) is 0. The van der Waals surface area contributed by atoms with Crippen molar-refractivity contribution in [1.29, 1.82) is 0 Å². The molecule has 1 heterocycles. The topological polar surface area (TPSA) is 82.7 Å². The van der Waals surface area contributed by atoms with Crippen molar-refractivity contribution in [3.63, 3.8) is 0 Å². The molecular weight excluding hydrogens is 210 g/mol. The van der Waals surface area contributed by atoms with Crippen molar-refractivity contribution in [2.75, 3.05) is 13.2 Å². The lowest BCUT2D eigenvalue weighted by Crippen LogP contribution is -2.40. The molecule has 1 aromatic rings. The third-order valence-electron chi connectivity index (χ3n) is 1.64. The number of furan rings is 1. The van der Waals surface area contributed by atoms with Crippen molar-refractivity contribution in [3.05, 3.63) is 23.1 Å². The highest BCUT2D eigenvalue weighted by Gasteiger charge is 2.16. The largest absolute Gasteiger partial charge is 0.452 e. The van der Waals surface area contributed by atoms with Gasteiger partial charge in [-0.25, -0.2) is 0 Å². The Morgan fingerprint density at radius 1 is 1.57 bits per heavy atom. The molecule has 0 radical (unpaired) electrons. The quantitative estimate of drug-likeness (QED) is 0.667. The van der Waals surface area contributed by atoms with E-state index in [1.807, 2.05) is 0 Å². The summed E-state index contributed by atoms with van der Waals surface area (Å²) in [6.45, 7) is -0.671. The van der Waals surface area contributed by atoms with Gasteiger partial charge in [-0.3, -0.25) is 4.79 Å². The van der Waals surface area contributed by atoms with E-state index in [1.165, 1.54) is 12.3 Å². The van der Waals surface area contributed by atoms with Gasteiger partial charge in [0.2, 0.25) is 5.22 Å². The smallest absolute Gasteiger partial charge is 0.256 e. The molecule has 0 aliphatic heterocycles. The molecule has 0 bridgehead atoms. The summed E-state index contributed by atoms with van der Waals surface area (Å²) < 4.78 is 4.71. The zero-order chi connectivity index (χ0) is 10.6. The first kappa shape index (κ1) is 11.0. The van der Waals surface area contributed by atoms with Crippen molar-refractivity contribution in [3.8, 4) is 0 Å². The van der Waals surface area contributed by atoms with Crippen LogP contribution in [0.5, 0.6) is 0 Å². The monoisotopic (exact) mass is 219 g/mol. The lowest BCUT2D eigenvalue weighted by molar-refractivity contribution is 0.0879. The fraction of sp³-hybridized carbons (Fsp3) is 0.375. The number of hydrogen-bond donors (Lipinski definition) is 3. The van der Waals surface area contributed by atoms with Gasteiger partial charge >= 0.3 is 0 Å². The average molecular weight is 220 g/mol. The van der Waals surface area contributed by atoms with Crippen molar-refractivity contribution in [2.45, 2.75) is 6.04 Å². The number of rotatable bonds is 4. The van der Waals surface area contributed by atoms with Crippen LogP contribution in [0.3, 0.4) is 0 Å². The van der Waals surface area contributed by atoms with E-state index < -0.39 is 11.9 Å². The maximum Gasteiger partial charge on any atom is 0.256 e. The average Bonchev–Trinajstić information content (AvgIpc) is 2.60. The van der Waals surface area contributed by atoms with E-state index in [9.17, 15) is 4.79 Å². The van der Waals surface area contributed by atoms with E-state index in [1.54, 1.807) is 0 Å². The van der Waals surface area contributed by atoms with Crippen LogP contribution in [0.4, 0.5) is 0 Å². The molecule has 5 nitrogen and oxygen atoms in total. The Morgan fingerprint density at radius 3 is 2.64 bits per heavy atom. The van der Waals surface area contributed by atoms with Crippen LogP contribution in [0.2, 0.25) is 5.22 Å². The summed E-state index contributed by atoms with van der Waals surface area (Å²) in [6, 6.07) is 0.720. The Balaban J connectivity index is 2.63. The number of aliphatic hydroxyl groups excluding tert-OH is 2. The molecule has 0 atom stereocenters. The molecule has 78 valence electrons. The fourth-order valence-corrected chi connectivity index (χ4v) is 1.07. The van der Waals surface area contributed by atoms with Gasteiger partial charge in [0.25, 0.3) is 5.91 Å². The number of aliphatic hydroxyl groups is 2. The molecule has 0 spiro atoms. The molecule has 1 aromatic heterocycles. The first-order valence-corrected chi connectivity index (χ1v) is 4.32. The second kappa shape index (κ2) is 4.99. The number of nitrogens with one attached hydrogen (secondary N) is 1. The normalized spacial score (nSPS) is 10.6. The van der Waals surface area contributed by atoms with Crippen molar-refractivity contribution < 1.29 is 19.4 Å². The lowest BCUT2D eigenvalue weighted by atomic mass is 10.2. The van der Waals surface area contributed by atoms with Crippen LogP contribution >= 0.6 is 11.6 Å². The predicted octanol–water partition coefficient (Wildman–Crippen LogP) is 0.0160. The molecule has 0 saturated carbocycles. The molecule has 3 N–H and O–H groups in total. The van der Waals surface area contributed by atoms with E-state index in [2.05, 4.69) is 5.32 Å².